The van der Waals surface area contributed by atoms with E-state index in [9.17, 15) is 5.11 Å². The number of imidazole rings is 1. The maximum atomic E-state index is 12.3. The predicted octanol–water partition coefficient (Wildman–Crippen LogP) is 16.7. The van der Waals surface area contributed by atoms with E-state index in [4.69, 9.17) is 16.8 Å². The summed E-state index contributed by atoms with van der Waals surface area (Å²) >= 11 is 0. The smallest absolute Gasteiger partial charge is 0.148 e. The molecule has 0 spiro atoms. The van der Waals surface area contributed by atoms with Gasteiger partial charge in [0.15, 0.2) is 0 Å². The van der Waals surface area contributed by atoms with Gasteiger partial charge in [-0.3, -0.25) is 9.55 Å². The van der Waals surface area contributed by atoms with E-state index in [1.54, 1.807) is 6.07 Å². The van der Waals surface area contributed by atoms with E-state index in [1.807, 2.05) is 149 Å². The average molecular weight is 1050 g/mol. The van der Waals surface area contributed by atoms with Gasteiger partial charge in [0, 0.05) is 39.8 Å². The van der Waals surface area contributed by atoms with Gasteiger partial charge in [-0.25, -0.2) is 4.98 Å². The first-order valence-corrected chi connectivity index (χ1v) is 22.5. The Hall–Kier alpha value is -6.35. The van der Waals surface area contributed by atoms with Crippen molar-refractivity contribution in [2.24, 2.45) is 0 Å². The van der Waals surface area contributed by atoms with Crippen molar-refractivity contribution in [3.05, 3.63) is 192 Å². The Balaban J connectivity index is 0.00000676. The van der Waals surface area contributed by atoms with Crippen molar-refractivity contribution in [3.8, 4) is 78.6 Å². The van der Waals surface area contributed by atoms with Crippen LogP contribution in [0.15, 0.2) is 158 Å². The van der Waals surface area contributed by atoms with Crippen LogP contribution < -0.4 is 0 Å². The van der Waals surface area contributed by atoms with Gasteiger partial charge in [-0.15, -0.1) is 29.8 Å². The fraction of sp³-hybridized carbons (Fsp3) is 0.213. The van der Waals surface area contributed by atoms with Gasteiger partial charge in [0.1, 0.15) is 11.6 Å². The third-order valence-corrected chi connectivity index (χ3v) is 12.5. The van der Waals surface area contributed by atoms with Gasteiger partial charge in [0.2, 0.25) is 0 Å². The number of phenolic OH excluding ortho intramolecular Hbond substituents is 1. The summed E-state index contributed by atoms with van der Waals surface area (Å²) in [7, 11) is 0. The molecular weight excluding hydrogens is 986 g/mol. The Labute approximate surface area is 412 Å². The van der Waals surface area contributed by atoms with Crippen molar-refractivity contribution in [2.75, 3.05) is 0 Å². The number of hydrogen-bond donors (Lipinski definition) is 1. The maximum Gasteiger partial charge on any atom is 0.148 e. The predicted molar refractivity (Wildman–Crippen MR) is 273 cm³/mol. The van der Waals surface area contributed by atoms with Crippen molar-refractivity contribution < 1.29 is 33.0 Å². The van der Waals surface area contributed by atoms with Crippen molar-refractivity contribution in [3.63, 3.8) is 0 Å². The molecule has 0 unspecified atom stereocenters. The number of aryl methyl sites for hydroxylation is 1. The minimum absolute atomic E-state index is 0. The molecule has 0 aliphatic carbocycles. The molecule has 2 heterocycles. The molecule has 4 nitrogen and oxygen atoms in total. The second kappa shape index (κ2) is 19.2. The Morgan fingerprint density at radius 1 is 0.576 bits per heavy atom. The molecular formula is C61H58N3OPt-. The number of pyridine rings is 1. The van der Waals surface area contributed by atoms with Gasteiger partial charge >= 0.3 is 0 Å². The van der Waals surface area contributed by atoms with Crippen LogP contribution in [0, 0.1) is 12.9 Å². The third kappa shape index (κ3) is 8.84. The Kier molecular flexibility index (Phi) is 11.7. The SMILES string of the molecule is [2H]C([2H])([2H])c1cc(-c2c(C([2H])(C)C)cccc2C([2H])(C)C)ccc1-n1c(-c2cc(C(C)C)cc(C(C)C)c2O)nc2c(-c3[c-]c(-c4cc(-c5ccc(-c6ccccc6)cc5)ccn4)ccc3)cccc21.[Pt]. The number of hydrogen-bond acceptors (Lipinski definition) is 3. The molecule has 9 aromatic rings. The number of aromatic hydroxyl groups is 1. The molecule has 0 saturated heterocycles. The molecule has 66 heavy (non-hydrogen) atoms. The van der Waals surface area contributed by atoms with E-state index in [1.165, 1.54) is 0 Å². The van der Waals surface area contributed by atoms with Crippen LogP contribution in [-0.4, -0.2) is 19.6 Å². The Morgan fingerprint density at radius 3 is 1.88 bits per heavy atom. The van der Waals surface area contributed by atoms with Crippen LogP contribution in [0.25, 0.3) is 83.9 Å². The molecule has 0 amide bonds. The van der Waals surface area contributed by atoms with Gasteiger partial charge in [-0.1, -0.05) is 170 Å². The quantitative estimate of drug-likeness (QED) is 0.131. The van der Waals surface area contributed by atoms with Crippen LogP contribution in [0.2, 0.25) is 0 Å². The van der Waals surface area contributed by atoms with Crippen molar-refractivity contribution >= 4 is 11.0 Å². The first-order valence-electron chi connectivity index (χ1n) is 25.0. The molecule has 0 fully saturated rings. The first-order chi connectivity index (χ1) is 33.2. The molecule has 7 aromatic carbocycles. The maximum absolute atomic E-state index is 12.3. The summed E-state index contributed by atoms with van der Waals surface area (Å²) in [5.74, 6) is -1.50. The molecule has 2 aromatic heterocycles. The summed E-state index contributed by atoms with van der Waals surface area (Å²) in [6, 6.07) is 53.6. The van der Waals surface area contributed by atoms with E-state index in [2.05, 4.69) is 68.4 Å². The van der Waals surface area contributed by atoms with Gasteiger partial charge in [-0.2, -0.15) is 0 Å². The van der Waals surface area contributed by atoms with Crippen LogP contribution >= 0.6 is 0 Å². The zero-order chi connectivity index (χ0) is 49.9. The first kappa shape index (κ1) is 40.0. The second-order valence-corrected chi connectivity index (χ2v) is 18.1. The fourth-order valence-electron chi connectivity index (χ4n) is 8.97. The van der Waals surface area contributed by atoms with Gasteiger partial charge < -0.3 is 5.11 Å². The minimum Gasteiger partial charge on any atom is -0.507 e. The molecule has 0 bridgehead atoms. The molecule has 0 aliphatic heterocycles. The van der Waals surface area contributed by atoms with Crippen LogP contribution in [0.5, 0.6) is 5.75 Å². The van der Waals surface area contributed by atoms with Gasteiger partial charge in [0.25, 0.3) is 0 Å². The molecule has 9 rings (SSSR count). The average Bonchev–Trinajstić information content (AvgIpc) is 3.72. The van der Waals surface area contributed by atoms with Crippen molar-refractivity contribution in [1.82, 2.24) is 14.5 Å². The zero-order valence-electron chi connectivity index (χ0n) is 43.8. The molecule has 0 atom stereocenters. The summed E-state index contributed by atoms with van der Waals surface area (Å²) in [6.45, 7) is 12.9. The number of benzene rings is 7. The van der Waals surface area contributed by atoms with Crippen LogP contribution in [0.4, 0.5) is 0 Å². The second-order valence-electron chi connectivity index (χ2n) is 18.1. The number of para-hydroxylation sites is 1. The number of aromatic nitrogens is 3. The van der Waals surface area contributed by atoms with Gasteiger partial charge in [-0.05, 0) is 122 Å². The Bertz CT molecular complexity index is 3370. The molecule has 5 heteroatoms. The molecule has 1 N–H and O–H groups in total. The molecule has 334 valence electrons. The fourth-order valence-corrected chi connectivity index (χ4v) is 8.97. The van der Waals surface area contributed by atoms with Crippen molar-refractivity contribution in [2.45, 2.75) is 85.9 Å². The number of fused-ring (bicyclic) bond motifs is 1. The van der Waals surface area contributed by atoms with Crippen LogP contribution in [0.3, 0.4) is 0 Å². The topological polar surface area (TPSA) is 50.9 Å². The van der Waals surface area contributed by atoms with E-state index in [-0.39, 0.29) is 44.2 Å². The van der Waals surface area contributed by atoms with Gasteiger partial charge in [0.05, 0.1) is 22.3 Å². The minimum atomic E-state index is -2.61. The van der Waals surface area contributed by atoms with E-state index in [0.717, 1.165) is 55.8 Å². The standard InChI is InChI=1S/C61H58N3O.Pt/c1-37(2)49-34-53(40(7)8)60(65)54(35-49)61-63-59-52(22-15-23-57(59)64(61)56-29-28-48(32-41(56)9)58-50(38(3)4)20-14-21-51(58)39(5)6)46-18-13-19-47(33-46)55-36-45(30-31-62-55)44-26-24-43(25-27-44)42-16-11-10-12-17-42;/h10-32,34-40,65H,1-9H3;/q-1;/i9D3,38D,39D;. The van der Waals surface area contributed by atoms with E-state index < -0.39 is 18.6 Å². The third-order valence-electron chi connectivity index (χ3n) is 12.5. The van der Waals surface area contributed by atoms with Crippen LogP contribution in [-0.2, 0) is 21.1 Å². The van der Waals surface area contributed by atoms with Crippen LogP contribution in [0.1, 0.15) is 114 Å². The summed E-state index contributed by atoms with van der Waals surface area (Å²) in [4.78, 5) is 10.2. The summed E-state index contributed by atoms with van der Waals surface area (Å²) < 4.78 is 47.4. The number of phenols is 1. The summed E-state index contributed by atoms with van der Waals surface area (Å²) in [5, 5.41) is 12.3. The van der Waals surface area contributed by atoms with E-state index in [0.29, 0.717) is 50.4 Å². The number of rotatable bonds is 11. The number of nitrogens with zero attached hydrogens (tertiary/aromatic N) is 3. The zero-order valence-corrected chi connectivity index (χ0v) is 41.0. The monoisotopic (exact) mass is 1050 g/mol. The van der Waals surface area contributed by atoms with Crippen molar-refractivity contribution in [1.29, 1.82) is 0 Å². The summed E-state index contributed by atoms with van der Waals surface area (Å²) in [5.41, 5.74) is 14.2. The largest absolute Gasteiger partial charge is 0.507 e. The molecule has 0 aliphatic rings. The van der Waals surface area contributed by atoms with E-state index >= 15 is 0 Å². The summed E-state index contributed by atoms with van der Waals surface area (Å²) in [6.07, 6.45) is 1.82. The molecule has 0 saturated carbocycles. The Morgan fingerprint density at radius 2 is 1.21 bits per heavy atom. The molecule has 0 radical (unpaired) electrons. The normalized spacial score (nSPS) is 13.2.